The van der Waals surface area contributed by atoms with Gasteiger partial charge in [0.2, 0.25) is 15.9 Å². The van der Waals surface area contributed by atoms with Crippen LogP contribution in [0, 0.1) is 10.1 Å². The number of hydrogen-bond donors (Lipinski definition) is 1. The third-order valence-corrected chi connectivity index (χ3v) is 5.59. The number of nitrogens with one attached hydrogen (secondary N) is 1. The summed E-state index contributed by atoms with van der Waals surface area (Å²) in [5.74, 6) is 0.0342. The zero-order chi connectivity index (χ0) is 21.8. The van der Waals surface area contributed by atoms with Crippen molar-refractivity contribution in [2.45, 2.75) is 25.9 Å². The second kappa shape index (κ2) is 8.91. The van der Waals surface area contributed by atoms with E-state index in [2.05, 4.69) is 5.32 Å². The molecule has 0 aliphatic heterocycles. The van der Waals surface area contributed by atoms with E-state index in [9.17, 15) is 23.3 Å². The molecule has 0 aliphatic rings. The van der Waals surface area contributed by atoms with Gasteiger partial charge in [0.15, 0.2) is 0 Å². The average molecular weight is 421 g/mol. The Hall–Kier alpha value is -3.14. The number of sulfonamides is 1. The summed E-state index contributed by atoms with van der Waals surface area (Å²) in [6.07, 6.45) is 0.944. The minimum Gasteiger partial charge on any atom is -0.496 e. The third-order valence-electron chi connectivity index (χ3n) is 4.35. The van der Waals surface area contributed by atoms with Crippen molar-refractivity contribution in [3.05, 3.63) is 64.2 Å². The molecule has 0 saturated carbocycles. The molecule has 0 unspecified atom stereocenters. The lowest BCUT2D eigenvalue weighted by atomic mass is 10.1. The molecule has 29 heavy (non-hydrogen) atoms. The fourth-order valence-corrected chi connectivity index (χ4v) is 4.16. The van der Waals surface area contributed by atoms with Gasteiger partial charge in [-0.05, 0) is 26.0 Å². The molecule has 156 valence electrons. The van der Waals surface area contributed by atoms with Crippen LogP contribution >= 0.6 is 0 Å². The molecular weight excluding hydrogens is 398 g/mol. The SMILES string of the molecule is COc1ccccc1[C@@H](C)NC(=O)[C@@H](C)N(c1cccc([N+](=O)[O-])c1)S(C)(=O)=O. The van der Waals surface area contributed by atoms with Gasteiger partial charge in [-0.25, -0.2) is 8.42 Å². The topological polar surface area (TPSA) is 119 Å². The first-order chi connectivity index (χ1) is 13.6. The third kappa shape index (κ3) is 5.23. The van der Waals surface area contributed by atoms with Gasteiger partial charge in [0, 0.05) is 17.7 Å². The van der Waals surface area contributed by atoms with Crippen LogP contribution in [0.15, 0.2) is 48.5 Å². The Labute approximate surface area is 169 Å². The van der Waals surface area contributed by atoms with Crippen LogP contribution in [-0.2, 0) is 14.8 Å². The Morgan fingerprint density at radius 2 is 1.83 bits per heavy atom. The van der Waals surface area contributed by atoms with Crippen molar-refractivity contribution in [1.29, 1.82) is 0 Å². The van der Waals surface area contributed by atoms with E-state index in [1.54, 1.807) is 31.2 Å². The minimum atomic E-state index is -3.89. The molecule has 10 heteroatoms. The normalized spacial score (nSPS) is 13.2. The van der Waals surface area contributed by atoms with Crippen LogP contribution in [0.2, 0.25) is 0 Å². The number of rotatable bonds is 8. The molecule has 0 fully saturated rings. The van der Waals surface area contributed by atoms with Crippen molar-refractivity contribution >= 4 is 27.3 Å². The second-order valence-corrected chi connectivity index (χ2v) is 8.34. The zero-order valence-corrected chi connectivity index (χ0v) is 17.3. The maximum Gasteiger partial charge on any atom is 0.271 e. The molecule has 9 nitrogen and oxygen atoms in total. The van der Waals surface area contributed by atoms with Gasteiger partial charge in [-0.2, -0.15) is 0 Å². The van der Waals surface area contributed by atoms with Gasteiger partial charge >= 0.3 is 0 Å². The number of nitro benzene ring substituents is 1. The molecule has 2 aromatic rings. The van der Waals surface area contributed by atoms with Crippen LogP contribution in [0.1, 0.15) is 25.5 Å². The van der Waals surface area contributed by atoms with Crippen LogP contribution in [0.5, 0.6) is 5.75 Å². The van der Waals surface area contributed by atoms with Gasteiger partial charge in [-0.1, -0.05) is 24.3 Å². The smallest absolute Gasteiger partial charge is 0.271 e. The number of anilines is 1. The highest BCUT2D eigenvalue weighted by Gasteiger charge is 2.31. The fourth-order valence-electron chi connectivity index (χ4n) is 2.99. The van der Waals surface area contributed by atoms with Gasteiger partial charge in [-0.15, -0.1) is 0 Å². The number of para-hydroxylation sites is 1. The monoisotopic (exact) mass is 421 g/mol. The molecule has 1 N–H and O–H groups in total. The molecule has 0 saturated heterocycles. The number of nitrogens with zero attached hydrogens (tertiary/aromatic N) is 2. The van der Waals surface area contributed by atoms with Crippen molar-refractivity contribution in [2.24, 2.45) is 0 Å². The molecule has 2 rings (SSSR count). The number of amides is 1. The van der Waals surface area contributed by atoms with Crippen LogP contribution in [0.25, 0.3) is 0 Å². The Morgan fingerprint density at radius 1 is 1.17 bits per heavy atom. The van der Waals surface area contributed by atoms with Crippen molar-refractivity contribution in [1.82, 2.24) is 5.32 Å². The van der Waals surface area contributed by atoms with Crippen molar-refractivity contribution in [2.75, 3.05) is 17.7 Å². The lowest BCUT2D eigenvalue weighted by Gasteiger charge is -2.29. The van der Waals surface area contributed by atoms with E-state index in [1.165, 1.54) is 32.2 Å². The summed E-state index contributed by atoms with van der Waals surface area (Å²) in [5, 5.41) is 13.8. The van der Waals surface area contributed by atoms with E-state index in [0.29, 0.717) is 5.75 Å². The molecule has 0 heterocycles. The Bertz CT molecular complexity index is 1010. The summed E-state index contributed by atoms with van der Waals surface area (Å²) in [5.41, 5.74) is 0.497. The number of carbonyl (C=O) groups excluding carboxylic acids is 1. The number of carbonyl (C=O) groups is 1. The van der Waals surface area contributed by atoms with Gasteiger partial charge in [0.25, 0.3) is 5.69 Å². The van der Waals surface area contributed by atoms with Crippen molar-refractivity contribution < 1.29 is 22.9 Å². The van der Waals surface area contributed by atoms with E-state index >= 15 is 0 Å². The highest BCUT2D eigenvalue weighted by atomic mass is 32.2. The van der Waals surface area contributed by atoms with Gasteiger partial charge in [0.1, 0.15) is 11.8 Å². The lowest BCUT2D eigenvalue weighted by Crippen LogP contribution is -2.48. The molecule has 2 atom stereocenters. The highest BCUT2D eigenvalue weighted by Crippen LogP contribution is 2.27. The fraction of sp³-hybridized carbons (Fsp3) is 0.316. The van der Waals surface area contributed by atoms with Crippen LogP contribution in [0.4, 0.5) is 11.4 Å². The highest BCUT2D eigenvalue weighted by molar-refractivity contribution is 7.92. The van der Waals surface area contributed by atoms with Gasteiger partial charge < -0.3 is 10.1 Å². The summed E-state index contributed by atoms with van der Waals surface area (Å²) in [6, 6.07) is 10.7. The largest absolute Gasteiger partial charge is 0.496 e. The average Bonchev–Trinajstić information content (AvgIpc) is 2.66. The number of ether oxygens (including phenoxy) is 1. The van der Waals surface area contributed by atoms with E-state index in [1.807, 2.05) is 0 Å². The molecule has 1 amide bonds. The van der Waals surface area contributed by atoms with E-state index in [4.69, 9.17) is 4.74 Å². The zero-order valence-electron chi connectivity index (χ0n) is 16.5. The predicted molar refractivity (Wildman–Crippen MR) is 109 cm³/mol. The second-order valence-electron chi connectivity index (χ2n) is 6.48. The summed E-state index contributed by atoms with van der Waals surface area (Å²) >= 11 is 0. The number of nitro groups is 1. The first kappa shape index (κ1) is 22.2. The molecule has 2 aromatic carbocycles. The maximum absolute atomic E-state index is 12.8. The standard InChI is InChI=1S/C19H23N3O6S/c1-13(17-10-5-6-11-18(17)28-3)20-19(23)14(2)21(29(4,26)27)15-8-7-9-16(12-15)22(24)25/h5-14H,1-4H3,(H,20,23)/t13-,14-/m1/s1. The summed E-state index contributed by atoms with van der Waals surface area (Å²) in [7, 11) is -2.38. The molecule has 0 bridgehead atoms. The van der Waals surface area contributed by atoms with Crippen molar-refractivity contribution in [3.8, 4) is 5.75 Å². The van der Waals surface area contributed by atoms with E-state index in [0.717, 1.165) is 22.2 Å². The maximum atomic E-state index is 12.8. The Kier molecular flexibility index (Phi) is 6.80. The van der Waals surface area contributed by atoms with Gasteiger partial charge in [-0.3, -0.25) is 19.2 Å². The molecule has 0 radical (unpaired) electrons. The van der Waals surface area contributed by atoms with Gasteiger partial charge in [0.05, 0.1) is 30.0 Å². The summed E-state index contributed by atoms with van der Waals surface area (Å²) < 4.78 is 30.9. The first-order valence-electron chi connectivity index (χ1n) is 8.73. The van der Waals surface area contributed by atoms with E-state index < -0.39 is 32.9 Å². The Morgan fingerprint density at radius 3 is 2.41 bits per heavy atom. The number of hydrogen-bond acceptors (Lipinski definition) is 6. The van der Waals surface area contributed by atoms with Crippen LogP contribution in [0.3, 0.4) is 0 Å². The van der Waals surface area contributed by atoms with E-state index in [-0.39, 0.29) is 11.4 Å². The predicted octanol–water partition coefficient (Wildman–Crippen LogP) is 2.64. The molecule has 0 spiro atoms. The number of non-ortho nitro benzene ring substituents is 1. The first-order valence-corrected chi connectivity index (χ1v) is 10.6. The lowest BCUT2D eigenvalue weighted by molar-refractivity contribution is -0.384. The minimum absolute atomic E-state index is 0.0364. The van der Waals surface area contributed by atoms with Crippen LogP contribution in [-0.4, -0.2) is 38.7 Å². The quantitative estimate of drug-likeness (QED) is 0.517. The molecular formula is C19H23N3O6S. The summed E-state index contributed by atoms with van der Waals surface area (Å²) in [6.45, 7) is 3.17. The van der Waals surface area contributed by atoms with Crippen LogP contribution < -0.4 is 14.4 Å². The Balaban J connectivity index is 2.32. The number of benzene rings is 2. The van der Waals surface area contributed by atoms with Crippen molar-refractivity contribution in [3.63, 3.8) is 0 Å². The molecule has 0 aliphatic carbocycles. The number of methoxy groups -OCH3 is 1. The molecule has 0 aromatic heterocycles. The summed E-state index contributed by atoms with van der Waals surface area (Å²) in [4.78, 5) is 23.2.